The van der Waals surface area contributed by atoms with Crippen LogP contribution >= 0.6 is 11.8 Å². The number of hydrogen-bond acceptors (Lipinski definition) is 3. The minimum atomic E-state index is -0.291. The highest BCUT2D eigenvalue weighted by Gasteiger charge is 2.26. The molecule has 2 N–H and O–H groups in total. The number of hydrogen-bond donors (Lipinski definition) is 1. The highest BCUT2D eigenvalue weighted by Crippen LogP contribution is 2.38. The second-order valence-electron chi connectivity index (χ2n) is 3.51. The number of thioether (sulfide) groups is 1. The Morgan fingerprint density at radius 2 is 2.50 bits per heavy atom. The monoisotopic (exact) mass is 211 g/mol. The number of carbonyl (C=O) groups is 1. The van der Waals surface area contributed by atoms with Crippen LogP contribution in [0.25, 0.3) is 0 Å². The van der Waals surface area contributed by atoms with Crippen molar-refractivity contribution in [3.8, 4) is 0 Å². The first kappa shape index (κ1) is 9.58. The number of primary amides is 1. The lowest BCUT2D eigenvalue weighted by Gasteiger charge is -2.08. The summed E-state index contributed by atoms with van der Waals surface area (Å²) in [4.78, 5) is 15.1. The average molecular weight is 211 g/mol. The summed E-state index contributed by atoms with van der Waals surface area (Å²) in [6, 6.07) is 0.597. The Morgan fingerprint density at radius 1 is 1.79 bits per heavy atom. The van der Waals surface area contributed by atoms with Crippen LogP contribution in [-0.4, -0.2) is 20.7 Å². The van der Waals surface area contributed by atoms with E-state index in [1.54, 1.807) is 13.1 Å². The number of nitrogens with two attached hydrogens (primary N) is 1. The fourth-order valence-electron chi connectivity index (χ4n) is 1.24. The topological polar surface area (TPSA) is 60.9 Å². The van der Waals surface area contributed by atoms with Gasteiger partial charge in [0.1, 0.15) is 0 Å². The highest BCUT2D eigenvalue weighted by atomic mass is 32.2. The molecule has 0 aromatic carbocycles. The fraction of sp³-hybridized carbons (Fsp3) is 0.556. The van der Waals surface area contributed by atoms with Gasteiger partial charge in [0.2, 0.25) is 5.91 Å². The van der Waals surface area contributed by atoms with Gasteiger partial charge in [-0.1, -0.05) is 11.8 Å². The van der Waals surface area contributed by atoms with Crippen LogP contribution in [-0.2, 0) is 4.79 Å². The van der Waals surface area contributed by atoms with Gasteiger partial charge >= 0.3 is 0 Å². The van der Waals surface area contributed by atoms with Crippen LogP contribution in [0.4, 0.5) is 0 Å². The lowest BCUT2D eigenvalue weighted by molar-refractivity contribution is -0.117. The van der Waals surface area contributed by atoms with Crippen molar-refractivity contribution in [1.29, 1.82) is 0 Å². The van der Waals surface area contributed by atoms with E-state index in [-0.39, 0.29) is 11.2 Å². The second-order valence-corrected chi connectivity index (χ2v) is 4.82. The Bertz CT molecular complexity index is 346. The minimum Gasteiger partial charge on any atom is -0.369 e. The van der Waals surface area contributed by atoms with E-state index < -0.39 is 0 Å². The molecule has 5 heteroatoms. The molecule has 1 aromatic rings. The molecule has 14 heavy (non-hydrogen) atoms. The summed E-state index contributed by atoms with van der Waals surface area (Å²) in [5, 5.41) is 0.689. The molecule has 1 aliphatic carbocycles. The van der Waals surface area contributed by atoms with Crippen LogP contribution < -0.4 is 5.73 Å². The molecule has 0 aliphatic heterocycles. The summed E-state index contributed by atoms with van der Waals surface area (Å²) in [6.45, 7) is 1.80. The van der Waals surface area contributed by atoms with Gasteiger partial charge in [0.25, 0.3) is 0 Å². The van der Waals surface area contributed by atoms with Crippen molar-refractivity contribution >= 4 is 17.7 Å². The molecule has 2 rings (SSSR count). The van der Waals surface area contributed by atoms with Gasteiger partial charge in [-0.25, -0.2) is 4.98 Å². The summed E-state index contributed by atoms with van der Waals surface area (Å²) in [5.41, 5.74) is 5.20. The summed E-state index contributed by atoms with van der Waals surface area (Å²) in [7, 11) is 0. The summed E-state index contributed by atoms with van der Waals surface area (Å²) in [5.74, 6) is -0.291. The molecular weight excluding hydrogens is 198 g/mol. The molecule has 1 aliphatic rings. The molecule has 76 valence electrons. The van der Waals surface area contributed by atoms with Crippen LogP contribution in [0, 0.1) is 0 Å². The molecule has 1 fully saturated rings. The van der Waals surface area contributed by atoms with Gasteiger partial charge < -0.3 is 10.3 Å². The number of rotatable bonds is 4. The number of amides is 1. The summed E-state index contributed by atoms with van der Waals surface area (Å²) in [6.07, 6.45) is 6.17. The van der Waals surface area contributed by atoms with Crippen LogP contribution in [0.5, 0.6) is 0 Å². The first-order valence-electron chi connectivity index (χ1n) is 4.67. The Balaban J connectivity index is 2.08. The van der Waals surface area contributed by atoms with Gasteiger partial charge in [-0.15, -0.1) is 0 Å². The standard InChI is InChI=1S/C9H13N3OS/c1-6(8(10)13)14-9-11-4-5-12(9)7-2-3-7/h4-7H,2-3H2,1H3,(H2,10,13)/t6-/m0/s1. The average Bonchev–Trinajstić information content (AvgIpc) is 2.88. The normalized spacial score (nSPS) is 18.1. The summed E-state index contributed by atoms with van der Waals surface area (Å²) < 4.78 is 2.13. The van der Waals surface area contributed by atoms with E-state index in [2.05, 4.69) is 9.55 Å². The maximum absolute atomic E-state index is 10.9. The largest absolute Gasteiger partial charge is 0.369 e. The number of imidazole rings is 1. The predicted octanol–water partition coefficient (Wildman–Crippen LogP) is 1.18. The van der Waals surface area contributed by atoms with Gasteiger partial charge in [-0.05, 0) is 19.8 Å². The van der Waals surface area contributed by atoms with E-state index >= 15 is 0 Å². The Hall–Kier alpha value is -0.970. The maximum Gasteiger partial charge on any atom is 0.230 e. The van der Waals surface area contributed by atoms with Crippen molar-refractivity contribution in [3.63, 3.8) is 0 Å². The van der Waals surface area contributed by atoms with E-state index in [0.717, 1.165) is 5.16 Å². The minimum absolute atomic E-state index is 0.213. The number of nitrogens with zero attached hydrogens (tertiary/aromatic N) is 2. The molecule has 0 saturated heterocycles. The van der Waals surface area contributed by atoms with Crippen molar-refractivity contribution in [2.24, 2.45) is 5.73 Å². The second kappa shape index (κ2) is 3.65. The molecule has 0 radical (unpaired) electrons. The smallest absolute Gasteiger partial charge is 0.230 e. The molecule has 0 unspecified atom stereocenters. The van der Waals surface area contributed by atoms with Crippen molar-refractivity contribution in [3.05, 3.63) is 12.4 Å². The van der Waals surface area contributed by atoms with E-state index in [0.29, 0.717) is 6.04 Å². The Morgan fingerprint density at radius 3 is 3.07 bits per heavy atom. The first-order chi connectivity index (χ1) is 6.68. The van der Waals surface area contributed by atoms with E-state index in [1.807, 2.05) is 6.20 Å². The quantitative estimate of drug-likeness (QED) is 0.761. The SMILES string of the molecule is C[C@H](Sc1nccn1C1CC1)C(N)=O. The number of aromatic nitrogens is 2. The lowest BCUT2D eigenvalue weighted by atomic mass is 10.5. The van der Waals surface area contributed by atoms with Crippen LogP contribution in [0.1, 0.15) is 25.8 Å². The van der Waals surface area contributed by atoms with E-state index in [9.17, 15) is 4.79 Å². The van der Waals surface area contributed by atoms with Crippen molar-refractivity contribution in [1.82, 2.24) is 9.55 Å². The van der Waals surface area contributed by atoms with Crippen molar-refractivity contribution < 1.29 is 4.79 Å². The molecule has 4 nitrogen and oxygen atoms in total. The molecule has 1 saturated carbocycles. The zero-order chi connectivity index (χ0) is 10.1. The lowest BCUT2D eigenvalue weighted by Crippen LogP contribution is -2.23. The van der Waals surface area contributed by atoms with Crippen LogP contribution in [0.2, 0.25) is 0 Å². The molecule has 1 aromatic heterocycles. The molecule has 1 heterocycles. The third-order valence-electron chi connectivity index (χ3n) is 2.26. The highest BCUT2D eigenvalue weighted by molar-refractivity contribution is 8.00. The van der Waals surface area contributed by atoms with Crippen molar-refractivity contribution in [2.75, 3.05) is 0 Å². The Kier molecular flexibility index (Phi) is 2.50. The van der Waals surface area contributed by atoms with Gasteiger partial charge in [0.15, 0.2) is 5.16 Å². The fourth-order valence-corrected chi connectivity index (χ4v) is 2.12. The van der Waals surface area contributed by atoms with E-state index in [1.165, 1.54) is 24.6 Å². The molecule has 1 amide bonds. The van der Waals surface area contributed by atoms with Gasteiger partial charge in [0.05, 0.1) is 5.25 Å². The van der Waals surface area contributed by atoms with Gasteiger partial charge in [-0.2, -0.15) is 0 Å². The third-order valence-corrected chi connectivity index (χ3v) is 3.37. The third kappa shape index (κ3) is 1.92. The summed E-state index contributed by atoms with van der Waals surface area (Å²) >= 11 is 1.43. The zero-order valence-corrected chi connectivity index (χ0v) is 8.83. The van der Waals surface area contributed by atoms with Crippen LogP contribution in [0.3, 0.4) is 0 Å². The first-order valence-corrected chi connectivity index (χ1v) is 5.55. The van der Waals surface area contributed by atoms with Crippen molar-refractivity contribution in [2.45, 2.75) is 36.2 Å². The van der Waals surface area contributed by atoms with Gasteiger partial charge in [0, 0.05) is 18.4 Å². The molecule has 1 atom stereocenters. The van der Waals surface area contributed by atoms with E-state index in [4.69, 9.17) is 5.73 Å². The van der Waals surface area contributed by atoms with Gasteiger partial charge in [-0.3, -0.25) is 4.79 Å². The maximum atomic E-state index is 10.9. The molecule has 0 spiro atoms. The predicted molar refractivity (Wildman–Crippen MR) is 55.0 cm³/mol. The molecular formula is C9H13N3OS. The van der Waals surface area contributed by atoms with Crippen LogP contribution in [0.15, 0.2) is 17.6 Å². The number of carbonyl (C=O) groups excluding carboxylic acids is 1. The Labute approximate surface area is 86.9 Å². The zero-order valence-electron chi connectivity index (χ0n) is 8.01. The molecule has 0 bridgehead atoms.